The van der Waals surface area contributed by atoms with E-state index in [0.717, 1.165) is 101 Å². The standard InChI is InChI=1S/C72H53B2N5O/c1-6-24-48(25-7-1)54-34-16-19-39-61(54)79-64-47-63-59(74-58-38-18-21-41-67(58)80-72-56-36-23-43-75-42-22-35-55(70(56)75)71(69(72)74)78(63)52-32-14-5-15-33-52)46-60(64)73-57-37-17-20-40-62(57)77(51-30-12-4-13-31-51)65-44-53(45-66(79)68(65)73)76(49-26-8-2-9-27-49)50-28-10-3-11-29-50/h1-21,24-34,37-41,44-47H,22-23,35-36,42-43H2. The van der Waals surface area contributed by atoms with Crippen molar-refractivity contribution < 1.29 is 4.74 Å². The lowest BCUT2D eigenvalue weighted by Crippen LogP contribution is -2.65. The number of hydrogen-bond donors (Lipinski definition) is 0. The molecule has 0 spiro atoms. The second kappa shape index (κ2) is 17.9. The van der Waals surface area contributed by atoms with Crippen LogP contribution in [0.2, 0.25) is 0 Å². The number of ether oxygens (including phenoxy) is 1. The van der Waals surface area contributed by atoms with Gasteiger partial charge in [0.05, 0.1) is 17.1 Å². The van der Waals surface area contributed by atoms with Crippen LogP contribution >= 0.6 is 0 Å². The second-order valence-corrected chi connectivity index (χ2v) is 22.1. The Kier molecular flexibility index (Phi) is 10.2. The van der Waals surface area contributed by atoms with Crippen LogP contribution in [0.5, 0.6) is 11.5 Å². The second-order valence-electron chi connectivity index (χ2n) is 22.1. The molecule has 0 bridgehead atoms. The van der Waals surface area contributed by atoms with Crippen molar-refractivity contribution in [3.8, 4) is 22.6 Å². The summed E-state index contributed by atoms with van der Waals surface area (Å²) in [5.41, 5.74) is 28.0. The van der Waals surface area contributed by atoms with Gasteiger partial charge < -0.3 is 29.2 Å². The predicted octanol–water partition coefficient (Wildman–Crippen LogP) is 14.0. The van der Waals surface area contributed by atoms with Gasteiger partial charge in [-0.05, 0) is 155 Å². The minimum absolute atomic E-state index is 0.0673. The zero-order valence-corrected chi connectivity index (χ0v) is 44.2. The molecule has 0 N–H and O–H groups in total. The lowest BCUT2D eigenvalue weighted by atomic mass is 9.30. The van der Waals surface area contributed by atoms with Crippen molar-refractivity contribution in [2.45, 2.75) is 25.7 Å². The molecule has 11 aromatic carbocycles. The van der Waals surface area contributed by atoms with Gasteiger partial charge >= 0.3 is 0 Å². The molecule has 0 fully saturated rings. The molecule has 0 radical (unpaired) electrons. The Balaban J connectivity index is 1.03. The van der Waals surface area contributed by atoms with Gasteiger partial charge in [-0.2, -0.15) is 0 Å². The molecule has 6 aliphatic heterocycles. The summed E-state index contributed by atoms with van der Waals surface area (Å²) < 4.78 is 7.37. The van der Waals surface area contributed by atoms with Crippen LogP contribution in [-0.4, -0.2) is 26.5 Å². The van der Waals surface area contributed by atoms with Gasteiger partial charge in [0.2, 0.25) is 0 Å². The molecule has 0 amide bonds. The molecule has 6 aliphatic rings. The fourth-order valence-corrected chi connectivity index (χ4v) is 14.7. The Labute approximate surface area is 468 Å². The monoisotopic (exact) mass is 1030 g/mol. The van der Waals surface area contributed by atoms with Gasteiger partial charge in [0.1, 0.15) is 11.5 Å². The lowest BCUT2D eigenvalue weighted by Gasteiger charge is -2.48. The Morgan fingerprint density at radius 1 is 0.362 bits per heavy atom. The van der Waals surface area contributed by atoms with Crippen LogP contribution in [0.25, 0.3) is 11.1 Å². The number of nitrogens with zero attached hydrogens (tertiary/aromatic N) is 5. The van der Waals surface area contributed by atoms with Crippen LogP contribution in [0, 0.1) is 0 Å². The highest BCUT2D eigenvalue weighted by Gasteiger charge is 2.50. The first-order chi connectivity index (χ1) is 39.7. The van der Waals surface area contributed by atoms with Crippen molar-refractivity contribution in [2.75, 3.05) is 37.6 Å². The van der Waals surface area contributed by atoms with Crippen LogP contribution in [-0.2, 0) is 12.8 Å². The smallest absolute Gasteiger partial charge is 0.256 e. The van der Waals surface area contributed by atoms with E-state index in [-0.39, 0.29) is 13.4 Å². The van der Waals surface area contributed by atoms with Gasteiger partial charge in [0.15, 0.2) is 0 Å². The maximum atomic E-state index is 7.37. The van der Waals surface area contributed by atoms with E-state index < -0.39 is 0 Å². The molecule has 6 heterocycles. The van der Waals surface area contributed by atoms with E-state index >= 15 is 0 Å². The zero-order valence-electron chi connectivity index (χ0n) is 44.2. The summed E-state index contributed by atoms with van der Waals surface area (Å²) >= 11 is 0. The van der Waals surface area contributed by atoms with E-state index in [0.29, 0.717) is 0 Å². The third kappa shape index (κ3) is 6.69. The molecule has 80 heavy (non-hydrogen) atoms. The fourth-order valence-electron chi connectivity index (χ4n) is 14.7. The predicted molar refractivity (Wildman–Crippen MR) is 335 cm³/mol. The maximum absolute atomic E-state index is 7.37. The van der Waals surface area contributed by atoms with Crippen LogP contribution < -0.4 is 62.0 Å². The first kappa shape index (κ1) is 45.4. The molecule has 0 saturated heterocycles. The van der Waals surface area contributed by atoms with Crippen LogP contribution in [0.1, 0.15) is 24.0 Å². The average Bonchev–Trinajstić information content (AvgIpc) is 2.53. The summed E-state index contributed by atoms with van der Waals surface area (Å²) in [7, 11) is 0. The molecule has 8 heteroatoms. The van der Waals surface area contributed by atoms with Crippen LogP contribution in [0.3, 0.4) is 0 Å². The van der Waals surface area contributed by atoms with Crippen molar-refractivity contribution in [2.24, 2.45) is 0 Å². The number of para-hydroxylation sites is 7. The lowest BCUT2D eigenvalue weighted by molar-refractivity contribution is 0.475. The Bertz CT molecular complexity index is 4230. The van der Waals surface area contributed by atoms with Gasteiger partial charge in [-0.15, -0.1) is 0 Å². The number of rotatable bonds is 7. The van der Waals surface area contributed by atoms with Crippen molar-refractivity contribution in [1.82, 2.24) is 0 Å². The molecular formula is C72H53B2N5O. The maximum Gasteiger partial charge on any atom is 0.256 e. The average molecular weight is 1030 g/mol. The normalized spacial score (nSPS) is 14.7. The highest BCUT2D eigenvalue weighted by Crippen LogP contribution is 2.54. The topological polar surface area (TPSA) is 25.4 Å². The molecule has 6 nitrogen and oxygen atoms in total. The SMILES string of the molecule is c1ccc(-c2ccccc2N2c3cc4c(cc3B3c5ccccc5N(c5ccccc5)c5cc(N(c6ccccc6)c6ccccc6)cc2c53)B2c3ccccc3Oc3c5c6c(c(c32)N4c2ccccc2)CCCN6CCC5)cc1. The molecule has 0 saturated carbocycles. The third-order valence-corrected chi connectivity index (χ3v) is 17.8. The molecule has 0 aliphatic carbocycles. The summed E-state index contributed by atoms with van der Waals surface area (Å²) in [6.45, 7) is 1.95. The number of hydrogen-bond acceptors (Lipinski definition) is 6. The van der Waals surface area contributed by atoms with Gasteiger partial charge in [-0.1, -0.05) is 164 Å². The first-order valence-electron chi connectivity index (χ1n) is 28.5. The molecule has 0 aromatic heterocycles. The largest absolute Gasteiger partial charge is 0.458 e. The van der Waals surface area contributed by atoms with E-state index in [4.69, 9.17) is 4.74 Å². The van der Waals surface area contributed by atoms with E-state index in [1.807, 2.05) is 0 Å². The Hall–Kier alpha value is -9.65. The van der Waals surface area contributed by atoms with E-state index in [2.05, 4.69) is 273 Å². The van der Waals surface area contributed by atoms with Gasteiger partial charge in [0, 0.05) is 81.1 Å². The van der Waals surface area contributed by atoms with Crippen molar-refractivity contribution in [3.05, 3.63) is 260 Å². The minimum Gasteiger partial charge on any atom is -0.458 e. The van der Waals surface area contributed by atoms with Crippen LogP contribution in [0.15, 0.2) is 249 Å². The van der Waals surface area contributed by atoms with Gasteiger partial charge in [-0.3, -0.25) is 0 Å². The van der Waals surface area contributed by atoms with Crippen molar-refractivity contribution in [3.63, 3.8) is 0 Å². The number of benzene rings is 11. The summed E-state index contributed by atoms with van der Waals surface area (Å²) in [5.74, 6) is 2.03. The first-order valence-corrected chi connectivity index (χ1v) is 28.5. The van der Waals surface area contributed by atoms with Crippen molar-refractivity contribution >= 4 is 120 Å². The third-order valence-electron chi connectivity index (χ3n) is 17.8. The summed E-state index contributed by atoms with van der Waals surface area (Å²) in [6, 6.07) is 92.3. The molecule has 0 unspecified atom stereocenters. The zero-order chi connectivity index (χ0) is 52.4. The van der Waals surface area contributed by atoms with Gasteiger partial charge in [-0.25, -0.2) is 0 Å². The fraction of sp³-hybridized carbons (Fsp3) is 0.0833. The molecule has 17 rings (SSSR count). The van der Waals surface area contributed by atoms with E-state index in [1.54, 1.807) is 0 Å². The highest BCUT2D eigenvalue weighted by molar-refractivity contribution is 7.02. The molecule has 378 valence electrons. The summed E-state index contributed by atoms with van der Waals surface area (Å²) in [5, 5.41) is 0. The van der Waals surface area contributed by atoms with Crippen molar-refractivity contribution in [1.29, 1.82) is 0 Å². The van der Waals surface area contributed by atoms with Gasteiger partial charge in [0.25, 0.3) is 13.4 Å². The Morgan fingerprint density at radius 3 is 1.57 bits per heavy atom. The molecule has 11 aromatic rings. The van der Waals surface area contributed by atoms with E-state index in [1.165, 1.54) is 77.9 Å². The highest BCUT2D eigenvalue weighted by atomic mass is 16.5. The quantitative estimate of drug-likeness (QED) is 0.148. The molecular weight excluding hydrogens is 972 g/mol. The Morgan fingerprint density at radius 2 is 0.887 bits per heavy atom. The van der Waals surface area contributed by atoms with E-state index in [9.17, 15) is 0 Å². The van der Waals surface area contributed by atoms with Crippen LogP contribution in [0.4, 0.5) is 73.9 Å². The summed E-state index contributed by atoms with van der Waals surface area (Å²) in [4.78, 5) is 12.9. The summed E-state index contributed by atoms with van der Waals surface area (Å²) in [6.07, 6.45) is 4.28. The number of anilines is 13. The minimum atomic E-state index is -0.132. The number of fused-ring (bicyclic) bond motifs is 10. The molecule has 0 atom stereocenters.